The summed E-state index contributed by atoms with van der Waals surface area (Å²) in [6.45, 7) is 2.07. The van der Waals surface area contributed by atoms with Gasteiger partial charge in [0.15, 0.2) is 0 Å². The number of hydrogen-bond acceptors (Lipinski definition) is 3. The van der Waals surface area contributed by atoms with E-state index in [4.69, 9.17) is 11.0 Å². The molecular weight excluding hydrogens is 343 g/mol. The van der Waals surface area contributed by atoms with E-state index in [-0.39, 0.29) is 0 Å². The fraction of sp³-hybridized carbons (Fsp3) is 0.154. The number of halogens is 1. The van der Waals surface area contributed by atoms with E-state index in [2.05, 4.69) is 59.8 Å². The molecule has 1 aromatic carbocycles. The highest BCUT2D eigenvalue weighted by Gasteiger charge is 2.15. The van der Waals surface area contributed by atoms with Crippen LogP contribution in [-0.4, -0.2) is 0 Å². The maximum atomic E-state index is 9.02. The number of nitrogens with two attached hydrogens (primary N) is 1. The van der Waals surface area contributed by atoms with Gasteiger partial charge < -0.3 is 5.73 Å². The lowest BCUT2D eigenvalue weighted by Crippen LogP contribution is -1.91. The molecule has 2 nitrogen and oxygen atoms in total. The van der Waals surface area contributed by atoms with Gasteiger partial charge in [-0.1, -0.05) is 19.1 Å². The molecule has 0 spiro atoms. The summed E-state index contributed by atoms with van der Waals surface area (Å²) >= 11 is 3.76. The molecule has 0 unspecified atom stereocenters. The highest BCUT2D eigenvalue weighted by Crippen LogP contribution is 2.38. The van der Waals surface area contributed by atoms with E-state index in [1.54, 1.807) is 0 Å². The van der Waals surface area contributed by atoms with Crippen molar-refractivity contribution in [3.05, 3.63) is 38.3 Å². The average Bonchev–Trinajstić information content (AvgIpc) is 2.66. The largest absolute Gasteiger partial charge is 0.397 e. The number of thiophene rings is 1. The van der Waals surface area contributed by atoms with Crippen LogP contribution in [0, 0.1) is 14.9 Å². The van der Waals surface area contributed by atoms with Crippen molar-refractivity contribution in [2.45, 2.75) is 13.3 Å². The first-order chi connectivity index (χ1) is 8.17. The summed E-state index contributed by atoms with van der Waals surface area (Å²) in [4.78, 5) is 1.74. The van der Waals surface area contributed by atoms with E-state index in [0.717, 1.165) is 22.4 Å². The van der Waals surface area contributed by atoms with Crippen LogP contribution in [0.5, 0.6) is 0 Å². The normalized spacial score (nSPS) is 10.2. The third-order valence-corrected chi connectivity index (χ3v) is 4.53. The van der Waals surface area contributed by atoms with Gasteiger partial charge in [0, 0.05) is 8.45 Å². The molecule has 4 heteroatoms. The second-order valence-electron chi connectivity index (χ2n) is 3.62. The Morgan fingerprint density at radius 2 is 2.00 bits per heavy atom. The van der Waals surface area contributed by atoms with Crippen LogP contribution in [0.1, 0.15) is 17.4 Å². The van der Waals surface area contributed by atoms with Gasteiger partial charge in [-0.3, -0.25) is 0 Å². The number of nitrogen functional groups attached to an aromatic ring is 1. The fourth-order valence-electron chi connectivity index (χ4n) is 1.75. The van der Waals surface area contributed by atoms with Crippen molar-refractivity contribution in [2.24, 2.45) is 0 Å². The summed E-state index contributed by atoms with van der Waals surface area (Å²) in [6, 6.07) is 10.5. The van der Waals surface area contributed by atoms with Gasteiger partial charge in [-0.2, -0.15) is 5.26 Å². The molecule has 17 heavy (non-hydrogen) atoms. The Balaban J connectivity index is 2.59. The molecule has 2 N–H and O–H groups in total. The summed E-state index contributed by atoms with van der Waals surface area (Å²) in [6.07, 6.45) is 0.853. The molecule has 0 bridgehead atoms. The molecule has 0 fully saturated rings. The van der Waals surface area contributed by atoms with Gasteiger partial charge in [0.1, 0.15) is 10.9 Å². The molecule has 0 radical (unpaired) electrons. The first-order valence-corrected chi connectivity index (χ1v) is 7.14. The maximum Gasteiger partial charge on any atom is 0.128 e. The minimum Gasteiger partial charge on any atom is -0.397 e. The molecule has 1 heterocycles. The minimum atomic E-state index is 0.621. The van der Waals surface area contributed by atoms with Gasteiger partial charge in [0.05, 0.1) is 5.69 Å². The Morgan fingerprint density at radius 1 is 1.35 bits per heavy atom. The summed E-state index contributed by atoms with van der Waals surface area (Å²) in [5.74, 6) is 0. The van der Waals surface area contributed by atoms with Crippen LogP contribution in [0.4, 0.5) is 5.69 Å². The SMILES string of the molecule is CCc1c(-c2ccc(I)cc2)sc(C#N)c1N. The van der Waals surface area contributed by atoms with Crippen molar-refractivity contribution in [2.75, 3.05) is 5.73 Å². The highest BCUT2D eigenvalue weighted by molar-refractivity contribution is 14.1. The van der Waals surface area contributed by atoms with Crippen LogP contribution >= 0.6 is 33.9 Å². The summed E-state index contributed by atoms with van der Waals surface area (Å²) in [7, 11) is 0. The van der Waals surface area contributed by atoms with Gasteiger partial charge in [-0.25, -0.2) is 0 Å². The summed E-state index contributed by atoms with van der Waals surface area (Å²) in [5, 5.41) is 9.02. The molecular formula is C13H11IN2S. The number of hydrogen-bond donors (Lipinski definition) is 1. The van der Waals surface area contributed by atoms with Crippen LogP contribution in [0.15, 0.2) is 24.3 Å². The number of rotatable bonds is 2. The zero-order chi connectivity index (χ0) is 12.4. The fourth-order valence-corrected chi connectivity index (χ4v) is 3.22. The number of benzene rings is 1. The maximum absolute atomic E-state index is 9.02. The van der Waals surface area contributed by atoms with E-state index in [0.29, 0.717) is 10.6 Å². The number of nitriles is 1. The molecule has 2 aromatic rings. The zero-order valence-corrected chi connectivity index (χ0v) is 12.3. The molecule has 0 atom stereocenters. The summed E-state index contributed by atoms with van der Waals surface area (Å²) < 4.78 is 1.20. The second-order valence-corrected chi connectivity index (χ2v) is 5.89. The molecule has 2 rings (SSSR count). The zero-order valence-electron chi connectivity index (χ0n) is 9.33. The van der Waals surface area contributed by atoms with Gasteiger partial charge in [-0.05, 0) is 52.3 Å². The van der Waals surface area contributed by atoms with E-state index in [1.807, 2.05) is 0 Å². The predicted molar refractivity (Wildman–Crippen MR) is 81.0 cm³/mol. The van der Waals surface area contributed by atoms with Crippen LogP contribution in [-0.2, 0) is 6.42 Å². The van der Waals surface area contributed by atoms with E-state index in [9.17, 15) is 0 Å². The third-order valence-electron chi connectivity index (χ3n) is 2.61. The van der Waals surface area contributed by atoms with Gasteiger partial charge in [0.2, 0.25) is 0 Å². The van der Waals surface area contributed by atoms with Crippen molar-refractivity contribution in [3.8, 4) is 16.5 Å². The standard InChI is InChI=1S/C13H11IN2S/c1-2-10-12(16)11(7-15)17-13(10)8-3-5-9(14)6-4-8/h3-6H,2,16H2,1H3. The van der Waals surface area contributed by atoms with Crippen molar-refractivity contribution in [1.82, 2.24) is 0 Å². The Labute approximate surface area is 118 Å². The van der Waals surface area contributed by atoms with Crippen LogP contribution in [0.3, 0.4) is 0 Å². The molecule has 86 valence electrons. The smallest absolute Gasteiger partial charge is 0.128 e. The van der Waals surface area contributed by atoms with Crippen LogP contribution < -0.4 is 5.73 Å². The van der Waals surface area contributed by atoms with Crippen LogP contribution in [0.25, 0.3) is 10.4 Å². The van der Waals surface area contributed by atoms with Crippen molar-refractivity contribution in [1.29, 1.82) is 5.26 Å². The molecule has 0 saturated carbocycles. The van der Waals surface area contributed by atoms with E-state index in [1.165, 1.54) is 14.9 Å². The molecule has 0 amide bonds. The van der Waals surface area contributed by atoms with E-state index >= 15 is 0 Å². The molecule has 0 aliphatic rings. The number of nitrogens with zero attached hydrogens (tertiary/aromatic N) is 1. The second kappa shape index (κ2) is 5.07. The topological polar surface area (TPSA) is 49.8 Å². The van der Waals surface area contributed by atoms with Gasteiger partial charge >= 0.3 is 0 Å². The van der Waals surface area contributed by atoms with Crippen LogP contribution in [0.2, 0.25) is 0 Å². The lowest BCUT2D eigenvalue weighted by Gasteiger charge is -2.02. The Bertz CT molecular complexity index is 579. The quantitative estimate of drug-likeness (QED) is 0.828. The highest BCUT2D eigenvalue weighted by atomic mass is 127. The lowest BCUT2D eigenvalue weighted by molar-refractivity contribution is 1.16. The van der Waals surface area contributed by atoms with E-state index < -0.39 is 0 Å². The molecule has 0 saturated heterocycles. The first kappa shape index (κ1) is 12.4. The monoisotopic (exact) mass is 354 g/mol. The average molecular weight is 354 g/mol. The van der Waals surface area contributed by atoms with Crippen molar-refractivity contribution < 1.29 is 0 Å². The van der Waals surface area contributed by atoms with Crippen molar-refractivity contribution in [3.63, 3.8) is 0 Å². The lowest BCUT2D eigenvalue weighted by atomic mass is 10.1. The minimum absolute atomic E-state index is 0.621. The Kier molecular flexibility index (Phi) is 3.69. The predicted octanol–water partition coefficient (Wildman–Crippen LogP) is 4.04. The summed E-state index contributed by atoms with van der Waals surface area (Å²) in [5.41, 5.74) is 8.86. The van der Waals surface area contributed by atoms with Gasteiger partial charge in [-0.15, -0.1) is 11.3 Å². The number of anilines is 1. The first-order valence-electron chi connectivity index (χ1n) is 5.24. The molecule has 1 aromatic heterocycles. The molecule has 0 aliphatic carbocycles. The van der Waals surface area contributed by atoms with Gasteiger partial charge in [0.25, 0.3) is 0 Å². The Hall–Kier alpha value is -1.06. The molecule has 0 aliphatic heterocycles. The van der Waals surface area contributed by atoms with Crippen molar-refractivity contribution >= 4 is 39.6 Å². The Morgan fingerprint density at radius 3 is 2.53 bits per heavy atom. The third kappa shape index (κ3) is 2.31.